The number of nitrogens with zero attached hydrogens (tertiary/aromatic N) is 3. The van der Waals surface area contributed by atoms with Crippen LogP contribution >= 0.6 is 0 Å². The molecule has 1 aliphatic rings. The van der Waals surface area contributed by atoms with E-state index >= 15 is 0 Å². The van der Waals surface area contributed by atoms with Crippen LogP contribution in [0.15, 0.2) is 24.3 Å². The van der Waals surface area contributed by atoms with Gasteiger partial charge in [-0.3, -0.25) is 9.48 Å². The highest BCUT2D eigenvalue weighted by Crippen LogP contribution is 2.30. The maximum Gasteiger partial charge on any atom is 0.159 e. The van der Waals surface area contributed by atoms with Gasteiger partial charge in [0.1, 0.15) is 0 Å². The predicted molar refractivity (Wildman–Crippen MR) is 83.8 cm³/mol. The number of hydrogen-bond donors (Lipinski definition) is 0. The number of hydrogen-bond acceptors (Lipinski definition) is 3. The second-order valence-corrected chi connectivity index (χ2v) is 5.66. The van der Waals surface area contributed by atoms with Crippen molar-refractivity contribution in [1.29, 1.82) is 0 Å². The van der Waals surface area contributed by atoms with E-state index in [1.807, 2.05) is 19.1 Å². The molecular weight excluding hydrogens is 262 g/mol. The molecule has 0 spiro atoms. The quantitative estimate of drug-likeness (QED) is 0.810. The van der Waals surface area contributed by atoms with Gasteiger partial charge in [0.25, 0.3) is 0 Å². The molecule has 0 unspecified atom stereocenters. The van der Waals surface area contributed by atoms with E-state index in [0.717, 1.165) is 37.3 Å². The van der Waals surface area contributed by atoms with Crippen LogP contribution < -0.4 is 4.90 Å². The van der Waals surface area contributed by atoms with Crippen molar-refractivity contribution in [3.05, 3.63) is 46.8 Å². The zero-order valence-corrected chi connectivity index (χ0v) is 12.9. The van der Waals surface area contributed by atoms with Crippen LogP contribution in [0.5, 0.6) is 0 Å². The van der Waals surface area contributed by atoms with Gasteiger partial charge in [0, 0.05) is 24.3 Å². The number of fused-ring (bicyclic) bond motifs is 1. The lowest BCUT2D eigenvalue weighted by Crippen LogP contribution is -2.21. The Labute approximate surface area is 125 Å². The molecule has 4 heteroatoms. The summed E-state index contributed by atoms with van der Waals surface area (Å²) >= 11 is 0. The minimum atomic E-state index is 0.135. The highest BCUT2D eigenvalue weighted by molar-refractivity contribution is 5.94. The molecule has 110 valence electrons. The normalized spacial score (nSPS) is 13.6. The van der Waals surface area contributed by atoms with Gasteiger partial charge >= 0.3 is 0 Å². The molecule has 1 aromatic carbocycles. The van der Waals surface area contributed by atoms with E-state index in [2.05, 4.69) is 33.7 Å². The van der Waals surface area contributed by atoms with Gasteiger partial charge in [-0.2, -0.15) is 5.10 Å². The zero-order chi connectivity index (χ0) is 15.0. The number of anilines is 1. The summed E-state index contributed by atoms with van der Waals surface area (Å²) in [5.74, 6) is 0.135. The fraction of sp³-hybridized carbons (Fsp3) is 0.412. The highest BCUT2D eigenvalue weighted by Gasteiger charge is 2.21. The van der Waals surface area contributed by atoms with Crippen molar-refractivity contribution in [2.45, 2.75) is 40.3 Å². The SMILES string of the molecule is CCn1nc(C)cc1CN1CCc2cc(C(C)=O)ccc21. The Kier molecular flexibility index (Phi) is 3.53. The zero-order valence-electron chi connectivity index (χ0n) is 12.9. The summed E-state index contributed by atoms with van der Waals surface area (Å²) in [5.41, 5.74) is 5.66. The monoisotopic (exact) mass is 283 g/mol. The molecule has 4 nitrogen and oxygen atoms in total. The standard InChI is InChI=1S/C17H21N3O/c1-4-20-16(9-12(2)18-20)11-19-8-7-15-10-14(13(3)21)5-6-17(15)19/h5-6,9-10H,4,7-8,11H2,1-3H3. The lowest BCUT2D eigenvalue weighted by atomic mass is 10.1. The average Bonchev–Trinajstić information content (AvgIpc) is 3.02. The van der Waals surface area contributed by atoms with Gasteiger partial charge in [-0.05, 0) is 57.0 Å². The topological polar surface area (TPSA) is 38.1 Å². The maximum absolute atomic E-state index is 11.5. The first-order chi connectivity index (χ1) is 10.1. The molecule has 3 rings (SSSR count). The molecule has 0 atom stereocenters. The van der Waals surface area contributed by atoms with E-state index < -0.39 is 0 Å². The summed E-state index contributed by atoms with van der Waals surface area (Å²) in [6, 6.07) is 8.21. The number of ketones is 1. The van der Waals surface area contributed by atoms with Gasteiger partial charge in [-0.15, -0.1) is 0 Å². The fourth-order valence-corrected chi connectivity index (χ4v) is 3.05. The molecule has 2 heterocycles. The van der Waals surface area contributed by atoms with E-state index in [-0.39, 0.29) is 5.78 Å². The molecule has 0 amide bonds. The second kappa shape index (κ2) is 5.35. The van der Waals surface area contributed by atoms with Crippen molar-refractivity contribution in [2.24, 2.45) is 0 Å². The number of carbonyl (C=O) groups excluding carboxylic acids is 1. The van der Waals surface area contributed by atoms with Crippen LogP contribution in [0.1, 0.15) is 41.2 Å². The smallest absolute Gasteiger partial charge is 0.159 e. The Morgan fingerprint density at radius 3 is 2.86 bits per heavy atom. The van der Waals surface area contributed by atoms with E-state index in [0.29, 0.717) is 0 Å². The molecule has 1 aliphatic heterocycles. The fourth-order valence-electron chi connectivity index (χ4n) is 3.05. The van der Waals surface area contributed by atoms with Crippen molar-refractivity contribution in [3.63, 3.8) is 0 Å². The third-order valence-corrected chi connectivity index (χ3v) is 4.12. The third kappa shape index (κ3) is 2.58. The molecule has 0 fully saturated rings. The Morgan fingerprint density at radius 1 is 1.33 bits per heavy atom. The van der Waals surface area contributed by atoms with Crippen LogP contribution in [-0.2, 0) is 19.5 Å². The Bertz CT molecular complexity index is 687. The largest absolute Gasteiger partial charge is 0.365 e. The number of aromatic nitrogens is 2. The van der Waals surface area contributed by atoms with Gasteiger partial charge in [0.2, 0.25) is 0 Å². The summed E-state index contributed by atoms with van der Waals surface area (Å²) in [5, 5.41) is 4.51. The van der Waals surface area contributed by atoms with E-state index in [4.69, 9.17) is 0 Å². The predicted octanol–water partition coefficient (Wildman–Crippen LogP) is 2.98. The minimum absolute atomic E-state index is 0.135. The van der Waals surface area contributed by atoms with E-state index in [1.54, 1.807) is 6.92 Å². The van der Waals surface area contributed by atoms with Gasteiger partial charge in [0.15, 0.2) is 5.78 Å². The van der Waals surface area contributed by atoms with Gasteiger partial charge < -0.3 is 4.90 Å². The highest BCUT2D eigenvalue weighted by atomic mass is 16.1. The Hall–Kier alpha value is -2.10. The van der Waals surface area contributed by atoms with Gasteiger partial charge in [-0.25, -0.2) is 0 Å². The van der Waals surface area contributed by atoms with Crippen LogP contribution in [0.25, 0.3) is 0 Å². The number of benzene rings is 1. The number of rotatable bonds is 4. The first kappa shape index (κ1) is 13.9. The van der Waals surface area contributed by atoms with Crippen LogP contribution in [0, 0.1) is 6.92 Å². The minimum Gasteiger partial charge on any atom is -0.365 e. The molecule has 0 saturated heterocycles. The second-order valence-electron chi connectivity index (χ2n) is 5.66. The molecule has 0 radical (unpaired) electrons. The molecular formula is C17H21N3O. The van der Waals surface area contributed by atoms with Crippen LogP contribution in [0.2, 0.25) is 0 Å². The summed E-state index contributed by atoms with van der Waals surface area (Å²) < 4.78 is 2.07. The average molecular weight is 283 g/mol. The van der Waals surface area contributed by atoms with Crippen molar-refractivity contribution < 1.29 is 4.79 Å². The third-order valence-electron chi connectivity index (χ3n) is 4.12. The number of Topliss-reactive ketones (excluding diaryl/α,β-unsaturated/α-hetero) is 1. The van der Waals surface area contributed by atoms with Gasteiger partial charge in [-0.1, -0.05) is 0 Å². The summed E-state index contributed by atoms with van der Waals surface area (Å²) in [6.07, 6.45) is 1.01. The van der Waals surface area contributed by atoms with Crippen molar-refractivity contribution in [1.82, 2.24) is 9.78 Å². The lowest BCUT2D eigenvalue weighted by molar-refractivity contribution is 0.101. The molecule has 0 N–H and O–H groups in total. The Balaban J connectivity index is 1.86. The van der Waals surface area contributed by atoms with Crippen molar-refractivity contribution in [3.8, 4) is 0 Å². The molecule has 21 heavy (non-hydrogen) atoms. The van der Waals surface area contributed by atoms with Gasteiger partial charge in [0.05, 0.1) is 17.9 Å². The molecule has 0 aliphatic carbocycles. The van der Waals surface area contributed by atoms with E-state index in [1.165, 1.54) is 16.9 Å². The first-order valence-corrected chi connectivity index (χ1v) is 7.50. The summed E-state index contributed by atoms with van der Waals surface area (Å²) in [4.78, 5) is 13.9. The van der Waals surface area contributed by atoms with E-state index in [9.17, 15) is 4.79 Å². The van der Waals surface area contributed by atoms with Crippen molar-refractivity contribution in [2.75, 3.05) is 11.4 Å². The summed E-state index contributed by atoms with van der Waals surface area (Å²) in [6.45, 7) is 8.55. The Morgan fingerprint density at radius 2 is 2.14 bits per heavy atom. The lowest BCUT2D eigenvalue weighted by Gasteiger charge is -2.20. The summed E-state index contributed by atoms with van der Waals surface area (Å²) in [7, 11) is 0. The number of aryl methyl sites for hydroxylation is 2. The molecule has 1 aromatic heterocycles. The van der Waals surface area contributed by atoms with Crippen LogP contribution in [-0.4, -0.2) is 22.1 Å². The molecule has 0 saturated carbocycles. The number of carbonyl (C=O) groups is 1. The first-order valence-electron chi connectivity index (χ1n) is 7.50. The van der Waals surface area contributed by atoms with Crippen LogP contribution in [0.4, 0.5) is 5.69 Å². The van der Waals surface area contributed by atoms with Crippen molar-refractivity contribution >= 4 is 11.5 Å². The maximum atomic E-state index is 11.5. The molecule has 0 bridgehead atoms. The molecule has 2 aromatic rings. The van der Waals surface area contributed by atoms with Crippen LogP contribution in [0.3, 0.4) is 0 Å².